The van der Waals surface area contributed by atoms with Crippen molar-refractivity contribution < 1.29 is 24.2 Å². The molecule has 34 heavy (non-hydrogen) atoms. The summed E-state index contributed by atoms with van der Waals surface area (Å²) in [6.45, 7) is 0.0823. The fourth-order valence-corrected chi connectivity index (χ4v) is 4.52. The Morgan fingerprint density at radius 2 is 1.71 bits per heavy atom. The Bertz CT molecular complexity index is 1490. The van der Waals surface area contributed by atoms with Crippen molar-refractivity contribution in [2.24, 2.45) is 0 Å². The van der Waals surface area contributed by atoms with Gasteiger partial charge >= 0.3 is 0 Å². The molecule has 3 heterocycles. The smallest absolute Gasteiger partial charge is 0.300 e. The first kappa shape index (κ1) is 20.0. The van der Waals surface area contributed by atoms with E-state index in [0.717, 1.165) is 10.8 Å². The van der Waals surface area contributed by atoms with Crippen LogP contribution in [-0.2, 0) is 9.59 Å². The summed E-state index contributed by atoms with van der Waals surface area (Å²) >= 11 is 0. The topological polar surface area (TPSA) is 89.0 Å². The van der Waals surface area contributed by atoms with Gasteiger partial charge in [-0.15, -0.1) is 0 Å². The van der Waals surface area contributed by atoms with Gasteiger partial charge in [-0.05, 0) is 41.8 Å². The van der Waals surface area contributed by atoms with Crippen molar-refractivity contribution in [2.75, 3.05) is 11.7 Å². The maximum atomic E-state index is 13.4. The van der Waals surface area contributed by atoms with Crippen LogP contribution < -0.4 is 14.4 Å². The van der Waals surface area contributed by atoms with E-state index < -0.39 is 17.7 Å². The summed E-state index contributed by atoms with van der Waals surface area (Å²) in [6, 6.07) is 22.5. The molecule has 1 saturated heterocycles. The van der Waals surface area contributed by atoms with Crippen molar-refractivity contribution in [3.8, 4) is 11.5 Å². The Hall–Kier alpha value is -4.65. The molecule has 0 aliphatic carbocycles. The van der Waals surface area contributed by atoms with E-state index in [-0.39, 0.29) is 18.1 Å². The number of aliphatic hydroxyl groups is 1. The molecule has 4 aromatic rings. The van der Waals surface area contributed by atoms with E-state index in [9.17, 15) is 14.7 Å². The molecule has 0 radical (unpaired) electrons. The third-order valence-electron chi connectivity index (χ3n) is 6.08. The van der Waals surface area contributed by atoms with Crippen LogP contribution in [0.1, 0.15) is 17.3 Å². The largest absolute Gasteiger partial charge is 0.507 e. The minimum atomic E-state index is -0.905. The number of aliphatic hydroxyl groups excluding tert-OH is 1. The number of hydrogen-bond acceptors (Lipinski definition) is 6. The summed E-state index contributed by atoms with van der Waals surface area (Å²) in [5.74, 6) is -0.793. The average Bonchev–Trinajstić information content (AvgIpc) is 3.46. The van der Waals surface area contributed by atoms with Crippen LogP contribution in [0.2, 0.25) is 0 Å². The molecule has 0 saturated carbocycles. The van der Waals surface area contributed by atoms with Gasteiger partial charge in [-0.1, -0.05) is 42.5 Å². The minimum Gasteiger partial charge on any atom is -0.507 e. The van der Waals surface area contributed by atoms with Crippen LogP contribution in [0.4, 0.5) is 5.69 Å². The third-order valence-corrected chi connectivity index (χ3v) is 6.08. The van der Waals surface area contributed by atoms with Crippen LogP contribution in [-0.4, -0.2) is 28.6 Å². The van der Waals surface area contributed by atoms with Gasteiger partial charge in [0.1, 0.15) is 11.8 Å². The quantitative estimate of drug-likeness (QED) is 0.279. The monoisotopic (exact) mass is 450 g/mol. The SMILES string of the molecule is O=C1C(=O)N(c2cccc3ccccc23)C(c2ccccn2)/C1=C(\O)c1ccc2c(c1)OCO2. The Kier molecular flexibility index (Phi) is 4.55. The highest BCUT2D eigenvalue weighted by molar-refractivity contribution is 6.52. The van der Waals surface area contributed by atoms with Crippen LogP contribution in [0.15, 0.2) is 90.6 Å². The summed E-state index contributed by atoms with van der Waals surface area (Å²) in [7, 11) is 0. The lowest BCUT2D eigenvalue weighted by atomic mass is 9.97. The highest BCUT2D eigenvalue weighted by Crippen LogP contribution is 2.44. The maximum Gasteiger partial charge on any atom is 0.300 e. The number of aromatic nitrogens is 1. The van der Waals surface area contributed by atoms with Gasteiger partial charge < -0.3 is 14.6 Å². The van der Waals surface area contributed by atoms with E-state index in [0.29, 0.717) is 28.4 Å². The molecule has 6 rings (SSSR count). The molecule has 1 N–H and O–H groups in total. The van der Waals surface area contributed by atoms with Crippen LogP contribution in [0.5, 0.6) is 11.5 Å². The van der Waals surface area contributed by atoms with Gasteiger partial charge in [-0.2, -0.15) is 0 Å². The molecular weight excluding hydrogens is 432 g/mol. The van der Waals surface area contributed by atoms with Gasteiger partial charge in [-0.25, -0.2) is 0 Å². The minimum absolute atomic E-state index is 0.0319. The highest BCUT2D eigenvalue weighted by Gasteiger charge is 2.48. The number of anilines is 1. The van der Waals surface area contributed by atoms with Crippen LogP contribution in [0, 0.1) is 0 Å². The van der Waals surface area contributed by atoms with E-state index in [2.05, 4.69) is 4.98 Å². The number of carbonyl (C=O) groups excluding carboxylic acids is 2. The normalized spacial score (nSPS) is 18.6. The van der Waals surface area contributed by atoms with Gasteiger partial charge in [0.05, 0.1) is 17.0 Å². The second-order valence-electron chi connectivity index (χ2n) is 7.99. The molecule has 0 spiro atoms. The second kappa shape index (κ2) is 7.74. The van der Waals surface area contributed by atoms with E-state index >= 15 is 0 Å². The van der Waals surface area contributed by atoms with Crippen molar-refractivity contribution in [2.45, 2.75) is 6.04 Å². The molecule has 1 atom stereocenters. The molecule has 1 amide bonds. The van der Waals surface area contributed by atoms with E-state index in [4.69, 9.17) is 9.47 Å². The predicted molar refractivity (Wildman–Crippen MR) is 126 cm³/mol. The zero-order valence-electron chi connectivity index (χ0n) is 17.8. The van der Waals surface area contributed by atoms with Crippen LogP contribution in [0.3, 0.4) is 0 Å². The van der Waals surface area contributed by atoms with Gasteiger partial charge in [-0.3, -0.25) is 19.5 Å². The average molecular weight is 450 g/mol. The first-order valence-corrected chi connectivity index (χ1v) is 10.7. The number of pyridine rings is 1. The van der Waals surface area contributed by atoms with Crippen molar-refractivity contribution >= 4 is 33.9 Å². The number of fused-ring (bicyclic) bond motifs is 2. The number of amides is 1. The third kappa shape index (κ3) is 3.02. The van der Waals surface area contributed by atoms with E-state index in [1.165, 1.54) is 4.90 Å². The number of benzene rings is 3. The Labute approximate surface area is 194 Å². The number of ketones is 1. The van der Waals surface area contributed by atoms with Crippen molar-refractivity contribution in [1.29, 1.82) is 0 Å². The van der Waals surface area contributed by atoms with Gasteiger partial charge in [0.25, 0.3) is 11.7 Å². The van der Waals surface area contributed by atoms with E-state index in [1.54, 1.807) is 48.7 Å². The lowest BCUT2D eigenvalue weighted by molar-refractivity contribution is -0.132. The van der Waals surface area contributed by atoms with Gasteiger partial charge in [0.15, 0.2) is 11.5 Å². The first-order chi connectivity index (χ1) is 16.6. The van der Waals surface area contributed by atoms with Crippen molar-refractivity contribution in [1.82, 2.24) is 4.98 Å². The zero-order chi connectivity index (χ0) is 23.2. The van der Waals surface area contributed by atoms with Gasteiger partial charge in [0.2, 0.25) is 6.79 Å². The number of ether oxygens (including phenoxy) is 2. The summed E-state index contributed by atoms with van der Waals surface area (Å²) < 4.78 is 10.8. The lowest BCUT2D eigenvalue weighted by Gasteiger charge is -2.25. The number of carbonyl (C=O) groups is 2. The summed E-state index contributed by atoms with van der Waals surface area (Å²) in [6.07, 6.45) is 1.60. The standard InChI is InChI=1S/C27H18N2O5/c30-25(17-11-12-21-22(14-17)34-15-33-21)23-24(19-9-3-4-13-28-19)29(27(32)26(23)31)20-10-5-7-16-6-1-2-8-18(16)20/h1-14,24,30H,15H2/b25-23+. The Balaban J connectivity index is 1.58. The maximum absolute atomic E-state index is 13.4. The van der Waals surface area contributed by atoms with Crippen molar-refractivity contribution in [3.05, 3.63) is 102 Å². The molecule has 3 aromatic carbocycles. The molecule has 1 unspecified atom stereocenters. The summed E-state index contributed by atoms with van der Waals surface area (Å²) in [4.78, 5) is 32.6. The van der Waals surface area contributed by atoms with Gasteiger partial charge in [0, 0.05) is 17.1 Å². The Morgan fingerprint density at radius 3 is 2.56 bits per heavy atom. The zero-order valence-corrected chi connectivity index (χ0v) is 17.8. The van der Waals surface area contributed by atoms with E-state index in [1.807, 2.05) is 36.4 Å². The number of hydrogen-bond donors (Lipinski definition) is 1. The summed E-state index contributed by atoms with van der Waals surface area (Å²) in [5, 5.41) is 13.0. The molecule has 7 nitrogen and oxygen atoms in total. The summed E-state index contributed by atoms with van der Waals surface area (Å²) in [5.41, 5.74) is 1.36. The number of nitrogens with zero attached hydrogens (tertiary/aromatic N) is 2. The molecular formula is C27H18N2O5. The Morgan fingerprint density at radius 1 is 0.912 bits per heavy atom. The molecule has 0 bridgehead atoms. The first-order valence-electron chi connectivity index (χ1n) is 10.7. The molecule has 2 aliphatic rings. The fourth-order valence-electron chi connectivity index (χ4n) is 4.52. The van der Waals surface area contributed by atoms with Crippen LogP contribution >= 0.6 is 0 Å². The molecule has 2 aliphatic heterocycles. The highest BCUT2D eigenvalue weighted by atomic mass is 16.7. The second-order valence-corrected chi connectivity index (χ2v) is 7.99. The van der Waals surface area contributed by atoms with Crippen molar-refractivity contribution in [3.63, 3.8) is 0 Å². The number of Topliss-reactive ketones (excluding diaryl/α,β-unsaturated/α-hetero) is 1. The molecule has 1 aromatic heterocycles. The fraction of sp³-hybridized carbons (Fsp3) is 0.0741. The van der Waals surface area contributed by atoms with Crippen LogP contribution in [0.25, 0.3) is 16.5 Å². The number of rotatable bonds is 3. The molecule has 7 heteroatoms. The lowest BCUT2D eigenvalue weighted by Crippen LogP contribution is -2.30. The predicted octanol–water partition coefficient (Wildman–Crippen LogP) is 4.59. The molecule has 1 fully saturated rings. The molecule has 166 valence electrons.